The van der Waals surface area contributed by atoms with E-state index in [0.717, 1.165) is 17.9 Å². The van der Waals surface area contributed by atoms with E-state index in [1.165, 1.54) is 38.8 Å². The van der Waals surface area contributed by atoms with Gasteiger partial charge in [-0.2, -0.15) is 0 Å². The molecule has 1 aliphatic heterocycles. The summed E-state index contributed by atoms with van der Waals surface area (Å²) in [5.41, 5.74) is 0. The van der Waals surface area contributed by atoms with Crippen molar-refractivity contribution in [2.75, 3.05) is 27.2 Å². The highest BCUT2D eigenvalue weighted by atomic mass is 15.1. The second-order valence-electron chi connectivity index (χ2n) is 4.96. The third-order valence-electron chi connectivity index (χ3n) is 3.56. The van der Waals surface area contributed by atoms with Crippen LogP contribution >= 0.6 is 0 Å². The van der Waals surface area contributed by atoms with Crippen LogP contribution in [0.4, 0.5) is 0 Å². The fourth-order valence-corrected chi connectivity index (χ4v) is 2.61. The van der Waals surface area contributed by atoms with Crippen LogP contribution in [0.5, 0.6) is 0 Å². The minimum absolute atomic E-state index is 0.835. The molecule has 2 atom stereocenters. The first-order chi connectivity index (χ1) is 6.27. The zero-order valence-electron chi connectivity index (χ0n) is 8.92. The molecule has 0 amide bonds. The maximum absolute atomic E-state index is 3.53. The van der Waals surface area contributed by atoms with E-state index in [1.807, 2.05) is 0 Å². The highest BCUT2D eigenvalue weighted by Crippen LogP contribution is 2.37. The topological polar surface area (TPSA) is 15.3 Å². The van der Waals surface area contributed by atoms with Crippen molar-refractivity contribution < 1.29 is 0 Å². The van der Waals surface area contributed by atoms with E-state index < -0.39 is 0 Å². The van der Waals surface area contributed by atoms with Crippen molar-refractivity contribution in [1.82, 2.24) is 10.2 Å². The molecular formula is C11H22N2. The summed E-state index contributed by atoms with van der Waals surface area (Å²) < 4.78 is 0. The average Bonchev–Trinajstić information content (AvgIpc) is 2.89. The van der Waals surface area contributed by atoms with Crippen molar-refractivity contribution in [3.8, 4) is 0 Å². The molecule has 2 aliphatic rings. The van der Waals surface area contributed by atoms with Crippen molar-refractivity contribution in [1.29, 1.82) is 0 Å². The van der Waals surface area contributed by atoms with Gasteiger partial charge in [0, 0.05) is 6.04 Å². The third-order valence-corrected chi connectivity index (χ3v) is 3.56. The first-order valence-corrected chi connectivity index (χ1v) is 5.64. The van der Waals surface area contributed by atoms with E-state index in [4.69, 9.17) is 0 Å². The third kappa shape index (κ3) is 2.44. The maximum Gasteiger partial charge on any atom is 0.0142 e. The molecule has 2 fully saturated rings. The summed E-state index contributed by atoms with van der Waals surface area (Å²) in [7, 11) is 4.46. The number of piperidine rings is 1. The van der Waals surface area contributed by atoms with Gasteiger partial charge in [0.05, 0.1) is 0 Å². The van der Waals surface area contributed by atoms with Gasteiger partial charge in [0.15, 0.2) is 0 Å². The van der Waals surface area contributed by atoms with Crippen LogP contribution in [0, 0.1) is 11.8 Å². The first kappa shape index (κ1) is 9.47. The molecule has 0 aromatic carbocycles. The molecule has 0 bridgehead atoms. The Balaban J connectivity index is 1.87. The van der Waals surface area contributed by atoms with Crippen LogP contribution in [0.3, 0.4) is 0 Å². The Hall–Kier alpha value is -0.0800. The largest absolute Gasteiger partial charge is 0.316 e. The lowest BCUT2D eigenvalue weighted by Gasteiger charge is -2.36. The zero-order chi connectivity index (χ0) is 9.26. The van der Waals surface area contributed by atoms with E-state index >= 15 is 0 Å². The molecule has 1 saturated heterocycles. The first-order valence-electron chi connectivity index (χ1n) is 5.64. The Morgan fingerprint density at radius 3 is 2.62 bits per heavy atom. The summed E-state index contributed by atoms with van der Waals surface area (Å²) in [5.74, 6) is 1.99. The van der Waals surface area contributed by atoms with Gasteiger partial charge in [0.2, 0.25) is 0 Å². The lowest BCUT2D eigenvalue weighted by molar-refractivity contribution is 0.155. The van der Waals surface area contributed by atoms with Gasteiger partial charge in [0.1, 0.15) is 0 Å². The SMILES string of the molecule is CN(C)C1CCNCC1CC1CC1. The lowest BCUT2D eigenvalue weighted by Crippen LogP contribution is -2.47. The average molecular weight is 182 g/mol. The van der Waals surface area contributed by atoms with E-state index in [9.17, 15) is 0 Å². The smallest absolute Gasteiger partial charge is 0.0142 e. The molecular weight excluding hydrogens is 160 g/mol. The second-order valence-corrected chi connectivity index (χ2v) is 4.96. The molecule has 1 N–H and O–H groups in total. The second kappa shape index (κ2) is 3.97. The number of hydrogen-bond acceptors (Lipinski definition) is 2. The van der Waals surface area contributed by atoms with Crippen molar-refractivity contribution in [2.24, 2.45) is 11.8 Å². The highest BCUT2D eigenvalue weighted by Gasteiger charge is 2.32. The van der Waals surface area contributed by atoms with Crippen LogP contribution in [0.15, 0.2) is 0 Å². The van der Waals surface area contributed by atoms with Crippen LogP contribution in [0.2, 0.25) is 0 Å². The molecule has 76 valence electrons. The number of hydrogen-bond donors (Lipinski definition) is 1. The predicted octanol–water partition coefficient (Wildman–Crippen LogP) is 1.33. The Kier molecular flexibility index (Phi) is 2.89. The van der Waals surface area contributed by atoms with Crippen LogP contribution < -0.4 is 5.32 Å². The molecule has 1 aliphatic carbocycles. The molecule has 0 aromatic rings. The molecule has 0 spiro atoms. The molecule has 2 nitrogen and oxygen atoms in total. The number of nitrogens with zero attached hydrogens (tertiary/aromatic N) is 1. The summed E-state index contributed by atoms with van der Waals surface area (Å²) in [4.78, 5) is 2.42. The molecule has 0 radical (unpaired) electrons. The summed E-state index contributed by atoms with van der Waals surface area (Å²) >= 11 is 0. The molecule has 2 heteroatoms. The minimum atomic E-state index is 0.835. The van der Waals surface area contributed by atoms with Crippen LogP contribution in [-0.2, 0) is 0 Å². The van der Waals surface area contributed by atoms with E-state index in [0.29, 0.717) is 0 Å². The fraction of sp³-hybridized carbons (Fsp3) is 1.00. The van der Waals surface area contributed by atoms with Gasteiger partial charge in [-0.1, -0.05) is 12.8 Å². The van der Waals surface area contributed by atoms with Gasteiger partial charge < -0.3 is 10.2 Å². The van der Waals surface area contributed by atoms with Crippen molar-refractivity contribution >= 4 is 0 Å². The van der Waals surface area contributed by atoms with Gasteiger partial charge in [-0.3, -0.25) is 0 Å². The Morgan fingerprint density at radius 1 is 1.23 bits per heavy atom. The van der Waals surface area contributed by atoms with Gasteiger partial charge >= 0.3 is 0 Å². The zero-order valence-corrected chi connectivity index (χ0v) is 8.92. The van der Waals surface area contributed by atoms with Crippen molar-refractivity contribution in [3.63, 3.8) is 0 Å². The van der Waals surface area contributed by atoms with E-state index in [2.05, 4.69) is 24.3 Å². The van der Waals surface area contributed by atoms with Crippen LogP contribution in [0.25, 0.3) is 0 Å². The minimum Gasteiger partial charge on any atom is -0.316 e. The Morgan fingerprint density at radius 2 is 2.00 bits per heavy atom. The quantitative estimate of drug-likeness (QED) is 0.708. The summed E-state index contributed by atoms with van der Waals surface area (Å²) in [5, 5.41) is 3.53. The number of rotatable bonds is 3. The lowest BCUT2D eigenvalue weighted by atomic mass is 9.88. The monoisotopic (exact) mass is 182 g/mol. The number of nitrogens with one attached hydrogen (secondary N) is 1. The van der Waals surface area contributed by atoms with E-state index in [-0.39, 0.29) is 0 Å². The van der Waals surface area contributed by atoms with E-state index in [1.54, 1.807) is 0 Å². The summed E-state index contributed by atoms with van der Waals surface area (Å²) in [6.07, 6.45) is 5.80. The molecule has 1 saturated carbocycles. The molecule has 2 unspecified atom stereocenters. The van der Waals surface area contributed by atoms with Gasteiger partial charge in [0.25, 0.3) is 0 Å². The predicted molar refractivity (Wildman–Crippen MR) is 55.8 cm³/mol. The normalized spacial score (nSPS) is 35.3. The highest BCUT2D eigenvalue weighted by molar-refractivity contribution is 4.87. The van der Waals surface area contributed by atoms with Crippen LogP contribution in [-0.4, -0.2) is 38.1 Å². The summed E-state index contributed by atoms with van der Waals surface area (Å²) in [6, 6.07) is 0.835. The van der Waals surface area contributed by atoms with Crippen molar-refractivity contribution in [2.45, 2.75) is 31.7 Å². The van der Waals surface area contributed by atoms with Crippen LogP contribution in [0.1, 0.15) is 25.7 Å². The van der Waals surface area contributed by atoms with Gasteiger partial charge in [-0.05, 0) is 51.9 Å². The Bertz CT molecular complexity index is 163. The van der Waals surface area contributed by atoms with Gasteiger partial charge in [-0.15, -0.1) is 0 Å². The molecule has 2 rings (SSSR count). The maximum atomic E-state index is 3.53. The molecule has 13 heavy (non-hydrogen) atoms. The standard InChI is InChI=1S/C11H22N2/c1-13(2)11-5-6-12-8-10(11)7-9-3-4-9/h9-12H,3-8H2,1-2H3. The fourth-order valence-electron chi connectivity index (χ4n) is 2.61. The molecule has 1 heterocycles. The van der Waals surface area contributed by atoms with Gasteiger partial charge in [-0.25, -0.2) is 0 Å². The summed E-state index contributed by atoms with van der Waals surface area (Å²) in [6.45, 7) is 2.46. The van der Waals surface area contributed by atoms with Crippen molar-refractivity contribution in [3.05, 3.63) is 0 Å². The Labute approximate surface area is 81.7 Å². The molecule has 0 aromatic heterocycles.